The third-order valence-corrected chi connectivity index (χ3v) is 8.37. The van der Waals surface area contributed by atoms with Crippen LogP contribution >= 0.6 is 0 Å². The maximum atomic E-state index is 11.1. The van der Waals surface area contributed by atoms with E-state index in [0.29, 0.717) is 0 Å². The van der Waals surface area contributed by atoms with Gasteiger partial charge in [-0.15, -0.1) is 0 Å². The minimum absolute atomic E-state index is 0.0889. The number of nitrogens with two attached hydrogens (primary N) is 6. The van der Waals surface area contributed by atoms with Crippen LogP contribution in [0.2, 0.25) is 0 Å². The molecule has 42 heavy (non-hydrogen) atoms. The monoisotopic (exact) mass is 614 g/mol. The van der Waals surface area contributed by atoms with Crippen LogP contribution in [0.4, 0.5) is 0 Å². The van der Waals surface area contributed by atoms with Crippen molar-refractivity contribution >= 4 is 0 Å². The Bertz CT molecular complexity index is 868. The smallest absolute Gasteiger partial charge is 0.187 e. The molecule has 0 aromatic carbocycles. The summed E-state index contributed by atoms with van der Waals surface area (Å²) in [6, 6.07) is -4.18. The van der Waals surface area contributed by atoms with E-state index in [4.69, 9.17) is 62.8 Å². The second-order valence-electron chi connectivity index (χ2n) is 11.2. The number of hydrogen-bond acceptors (Lipinski definition) is 19. The summed E-state index contributed by atoms with van der Waals surface area (Å²) < 4.78 is 34.6. The van der Waals surface area contributed by atoms with Crippen LogP contribution < -0.4 is 34.4 Å². The summed E-state index contributed by atoms with van der Waals surface area (Å²) in [4.78, 5) is 0. The average molecular weight is 615 g/mol. The number of hydrogen-bond donors (Lipinski definition) is 13. The fraction of sp³-hybridized carbons (Fsp3) is 1.00. The highest BCUT2D eigenvalue weighted by Crippen LogP contribution is 2.34. The van der Waals surface area contributed by atoms with Gasteiger partial charge in [0.2, 0.25) is 0 Å². The van der Waals surface area contributed by atoms with Crippen LogP contribution in [0.3, 0.4) is 0 Å². The van der Waals surface area contributed by atoms with Gasteiger partial charge in [-0.05, 0) is 6.42 Å². The Labute approximate surface area is 241 Å². The van der Waals surface area contributed by atoms with Gasteiger partial charge in [0.05, 0.1) is 24.8 Å². The van der Waals surface area contributed by atoms with Crippen molar-refractivity contribution in [2.24, 2.45) is 34.4 Å². The molecule has 19 nitrogen and oxygen atoms in total. The van der Waals surface area contributed by atoms with E-state index in [2.05, 4.69) is 0 Å². The first-order valence-corrected chi connectivity index (χ1v) is 13.9. The highest BCUT2D eigenvalue weighted by Gasteiger charge is 2.54. The molecule has 19 atom stereocenters. The topological polar surface area (TPSA) is 353 Å². The summed E-state index contributed by atoms with van der Waals surface area (Å²) in [6.45, 7) is -0.967. The predicted molar refractivity (Wildman–Crippen MR) is 138 cm³/mol. The molecule has 19 heteroatoms. The van der Waals surface area contributed by atoms with E-state index in [-0.39, 0.29) is 19.5 Å². The van der Waals surface area contributed by atoms with Crippen LogP contribution in [0.15, 0.2) is 0 Å². The van der Waals surface area contributed by atoms with Gasteiger partial charge in [0.15, 0.2) is 18.9 Å². The predicted octanol–water partition coefficient (Wildman–Crippen LogP) is -8.90. The minimum atomic E-state index is -1.60. The van der Waals surface area contributed by atoms with Crippen LogP contribution in [-0.4, -0.2) is 172 Å². The van der Waals surface area contributed by atoms with Gasteiger partial charge in [0, 0.05) is 25.2 Å². The molecule has 4 rings (SSSR count). The van der Waals surface area contributed by atoms with Gasteiger partial charge in [-0.2, -0.15) is 0 Å². The summed E-state index contributed by atoms with van der Waals surface area (Å²) in [6.07, 6.45) is -19.8. The van der Waals surface area contributed by atoms with Crippen LogP contribution in [0.5, 0.6) is 0 Å². The molecule has 0 aromatic rings. The molecule has 0 radical (unpaired) electrons. The van der Waals surface area contributed by atoms with Crippen molar-refractivity contribution in [3.8, 4) is 0 Å². The van der Waals surface area contributed by atoms with Gasteiger partial charge in [0.1, 0.15) is 67.1 Å². The zero-order chi connectivity index (χ0) is 31.0. The van der Waals surface area contributed by atoms with Crippen molar-refractivity contribution in [3.63, 3.8) is 0 Å². The van der Waals surface area contributed by atoms with Crippen LogP contribution in [0.1, 0.15) is 6.42 Å². The molecular weight excluding hydrogens is 568 g/mol. The van der Waals surface area contributed by atoms with Crippen molar-refractivity contribution < 1.29 is 64.2 Å². The van der Waals surface area contributed by atoms with Gasteiger partial charge < -0.3 is 98.6 Å². The van der Waals surface area contributed by atoms with Crippen molar-refractivity contribution in [1.82, 2.24) is 0 Å². The zero-order valence-electron chi connectivity index (χ0n) is 22.8. The number of rotatable bonds is 9. The quantitative estimate of drug-likeness (QED) is 0.115. The molecule has 19 N–H and O–H groups in total. The van der Waals surface area contributed by atoms with Gasteiger partial charge in [-0.3, -0.25) is 0 Å². The summed E-state index contributed by atoms with van der Waals surface area (Å²) in [5.41, 5.74) is 35.6. The van der Waals surface area contributed by atoms with Crippen molar-refractivity contribution in [2.45, 2.75) is 123 Å². The lowest BCUT2D eigenvalue weighted by Gasteiger charge is -2.47. The molecular formula is C23H46N6O13. The number of ether oxygens (including phenoxy) is 6. The van der Waals surface area contributed by atoms with E-state index in [1.807, 2.05) is 0 Å². The molecule has 4 fully saturated rings. The molecule has 0 amide bonds. The maximum absolute atomic E-state index is 11.1. The first kappa shape index (κ1) is 34.1. The van der Waals surface area contributed by atoms with E-state index < -0.39 is 123 Å². The molecule has 3 aliphatic heterocycles. The van der Waals surface area contributed by atoms with Gasteiger partial charge in [-0.25, -0.2) is 0 Å². The molecule has 0 aromatic heterocycles. The molecule has 0 bridgehead atoms. The normalized spacial score (nSPS) is 53.8. The SMILES string of the molecule is NC[C@@H]1OC(O[C@H]2[C@@H](O)[C@H](O[C@@H]3[C@@H](O)[C@H](N)C[C@H](N)[C@H]3O[C@H]3O[C@H](CN)[C@@H](O)[C@H](O)[C@H]3N)O[C@@H]2CO)[C@H](N)[C@@H](O)[C@@H]1O. The second kappa shape index (κ2) is 14.1. The fourth-order valence-electron chi connectivity index (χ4n) is 5.74. The highest BCUT2D eigenvalue weighted by molar-refractivity contribution is 5.02. The summed E-state index contributed by atoms with van der Waals surface area (Å²) in [7, 11) is 0. The van der Waals surface area contributed by atoms with E-state index in [9.17, 15) is 35.7 Å². The molecule has 4 aliphatic rings. The molecule has 1 aliphatic carbocycles. The average Bonchev–Trinajstić information content (AvgIpc) is 3.27. The number of aliphatic hydroxyl groups excluding tert-OH is 7. The zero-order valence-corrected chi connectivity index (χ0v) is 22.8. The molecule has 0 spiro atoms. The highest BCUT2D eigenvalue weighted by atomic mass is 16.8. The summed E-state index contributed by atoms with van der Waals surface area (Å²) >= 11 is 0. The molecule has 3 saturated heterocycles. The van der Waals surface area contributed by atoms with Crippen LogP contribution in [0, 0.1) is 0 Å². The fourth-order valence-corrected chi connectivity index (χ4v) is 5.74. The van der Waals surface area contributed by atoms with Gasteiger partial charge >= 0.3 is 0 Å². The van der Waals surface area contributed by atoms with Crippen molar-refractivity contribution in [1.29, 1.82) is 0 Å². The lowest BCUT2D eigenvalue weighted by Crippen LogP contribution is -2.68. The second-order valence-corrected chi connectivity index (χ2v) is 11.2. The Hall–Kier alpha value is -0.760. The summed E-state index contributed by atoms with van der Waals surface area (Å²) in [5, 5.41) is 73.0. The van der Waals surface area contributed by atoms with E-state index in [1.54, 1.807) is 0 Å². The maximum Gasteiger partial charge on any atom is 0.187 e. The molecule has 1 unspecified atom stereocenters. The standard InChI is InChI=1S/C23H46N6O13/c24-2-7-13(32)15(34)10(28)21(37-7)40-18-6(27)1-5(26)12(31)20(18)42-23-17(36)19(9(4-30)39-23)41-22-11(29)16(35)14(33)8(3-25)38-22/h5-23,30-36H,1-4,24-29H2/t5-,6+,7-,8+,9-,10-,11-,12+,13-,14-,15-,16-,17-,18-,19-,20-,21-,22?,23+/m1/s1. The molecule has 246 valence electrons. The Kier molecular flexibility index (Phi) is 11.5. The first-order valence-electron chi connectivity index (χ1n) is 13.9. The van der Waals surface area contributed by atoms with E-state index in [1.165, 1.54) is 0 Å². The lowest BCUT2D eigenvalue weighted by atomic mass is 9.84. The minimum Gasteiger partial charge on any atom is -0.394 e. The van der Waals surface area contributed by atoms with Crippen LogP contribution in [0.25, 0.3) is 0 Å². The Morgan fingerprint density at radius 3 is 1.45 bits per heavy atom. The van der Waals surface area contributed by atoms with Crippen LogP contribution in [-0.2, 0) is 28.4 Å². The van der Waals surface area contributed by atoms with E-state index in [0.717, 1.165) is 0 Å². The van der Waals surface area contributed by atoms with Crippen molar-refractivity contribution in [2.75, 3.05) is 19.7 Å². The Balaban J connectivity index is 1.50. The molecule has 1 saturated carbocycles. The lowest BCUT2D eigenvalue weighted by molar-refractivity contribution is -0.306. The first-order chi connectivity index (χ1) is 19.8. The van der Waals surface area contributed by atoms with Gasteiger partial charge in [-0.1, -0.05) is 0 Å². The Morgan fingerprint density at radius 1 is 0.524 bits per heavy atom. The van der Waals surface area contributed by atoms with Crippen molar-refractivity contribution in [3.05, 3.63) is 0 Å². The summed E-state index contributed by atoms with van der Waals surface area (Å²) in [5.74, 6) is 0. The number of aliphatic hydroxyl groups is 7. The molecule has 3 heterocycles. The third kappa shape index (κ3) is 6.60. The Morgan fingerprint density at radius 2 is 0.976 bits per heavy atom. The third-order valence-electron chi connectivity index (χ3n) is 8.37. The van der Waals surface area contributed by atoms with E-state index >= 15 is 0 Å². The van der Waals surface area contributed by atoms with Gasteiger partial charge in [0.25, 0.3) is 0 Å². The largest absolute Gasteiger partial charge is 0.394 e.